The topological polar surface area (TPSA) is 18.5 Å². The number of methoxy groups -OCH3 is 2. The number of rotatable bonds is 6. The fourth-order valence-electron chi connectivity index (χ4n) is 2.72. The van der Waals surface area contributed by atoms with Crippen molar-refractivity contribution in [2.24, 2.45) is 0 Å². The predicted molar refractivity (Wildman–Crippen MR) is 88.3 cm³/mol. The molecule has 2 heteroatoms. The van der Waals surface area contributed by atoms with Crippen molar-refractivity contribution in [3.63, 3.8) is 0 Å². The second kappa shape index (κ2) is 7.16. The van der Waals surface area contributed by atoms with E-state index in [1.807, 2.05) is 12.1 Å². The van der Waals surface area contributed by atoms with E-state index in [9.17, 15) is 0 Å². The standard InChI is InChI=1S/C19H24O2/c1-5-14(6-2)15-7-9-16(10-8-15)17-11-12-18(20-3)19(13-17)21-4/h7-14H,5-6H2,1-4H3. The third kappa shape index (κ3) is 3.38. The van der Waals surface area contributed by atoms with Crippen molar-refractivity contribution in [3.05, 3.63) is 48.0 Å². The lowest BCUT2D eigenvalue weighted by Crippen LogP contribution is -1.95. The average molecular weight is 284 g/mol. The fraction of sp³-hybridized carbons (Fsp3) is 0.368. The maximum Gasteiger partial charge on any atom is 0.161 e. The van der Waals surface area contributed by atoms with Crippen LogP contribution in [0.4, 0.5) is 0 Å². The highest BCUT2D eigenvalue weighted by Crippen LogP contribution is 2.33. The van der Waals surface area contributed by atoms with Crippen molar-refractivity contribution < 1.29 is 9.47 Å². The van der Waals surface area contributed by atoms with Crippen LogP contribution in [0.3, 0.4) is 0 Å². The highest BCUT2D eigenvalue weighted by atomic mass is 16.5. The minimum atomic E-state index is 0.657. The van der Waals surface area contributed by atoms with E-state index >= 15 is 0 Å². The minimum Gasteiger partial charge on any atom is -0.493 e. The van der Waals surface area contributed by atoms with Gasteiger partial charge in [-0.2, -0.15) is 0 Å². The van der Waals surface area contributed by atoms with Gasteiger partial charge in [0.15, 0.2) is 11.5 Å². The van der Waals surface area contributed by atoms with Crippen molar-refractivity contribution >= 4 is 0 Å². The van der Waals surface area contributed by atoms with E-state index in [1.54, 1.807) is 14.2 Å². The summed E-state index contributed by atoms with van der Waals surface area (Å²) in [6.45, 7) is 4.49. The van der Waals surface area contributed by atoms with Crippen molar-refractivity contribution in [3.8, 4) is 22.6 Å². The maximum atomic E-state index is 5.37. The van der Waals surface area contributed by atoms with E-state index in [1.165, 1.54) is 24.0 Å². The molecule has 0 fully saturated rings. The van der Waals surface area contributed by atoms with Gasteiger partial charge < -0.3 is 9.47 Å². The summed E-state index contributed by atoms with van der Waals surface area (Å²) in [5.41, 5.74) is 3.76. The Balaban J connectivity index is 2.30. The van der Waals surface area contributed by atoms with Crippen LogP contribution in [0.1, 0.15) is 38.2 Å². The maximum absolute atomic E-state index is 5.37. The Morgan fingerprint density at radius 3 is 1.86 bits per heavy atom. The summed E-state index contributed by atoms with van der Waals surface area (Å²) < 4.78 is 10.7. The summed E-state index contributed by atoms with van der Waals surface area (Å²) in [5.74, 6) is 2.18. The molecule has 112 valence electrons. The highest BCUT2D eigenvalue weighted by Gasteiger charge is 2.09. The summed E-state index contributed by atoms with van der Waals surface area (Å²) in [5, 5.41) is 0. The Bertz CT molecular complexity index is 569. The molecule has 0 spiro atoms. The molecule has 2 rings (SSSR count). The van der Waals surface area contributed by atoms with E-state index in [0.29, 0.717) is 5.92 Å². The van der Waals surface area contributed by atoms with Gasteiger partial charge in [-0.15, -0.1) is 0 Å². The molecule has 0 saturated carbocycles. The molecule has 0 aliphatic carbocycles. The summed E-state index contributed by atoms with van der Waals surface area (Å²) in [4.78, 5) is 0. The van der Waals surface area contributed by atoms with Crippen LogP contribution in [0.15, 0.2) is 42.5 Å². The second-order valence-electron chi connectivity index (χ2n) is 5.21. The Labute approximate surface area is 127 Å². The molecule has 2 nitrogen and oxygen atoms in total. The second-order valence-corrected chi connectivity index (χ2v) is 5.21. The molecule has 2 aromatic carbocycles. The number of benzene rings is 2. The molecule has 2 aromatic rings. The van der Waals surface area contributed by atoms with E-state index in [-0.39, 0.29) is 0 Å². The number of hydrogen-bond acceptors (Lipinski definition) is 2. The molecule has 0 amide bonds. The number of ether oxygens (including phenoxy) is 2. The molecular formula is C19H24O2. The van der Waals surface area contributed by atoms with Crippen LogP contribution in [0.5, 0.6) is 11.5 Å². The van der Waals surface area contributed by atoms with Gasteiger partial charge in [-0.3, -0.25) is 0 Å². The van der Waals surface area contributed by atoms with Gasteiger partial charge in [-0.1, -0.05) is 44.2 Å². The van der Waals surface area contributed by atoms with Crippen molar-refractivity contribution in [1.82, 2.24) is 0 Å². The first-order chi connectivity index (χ1) is 10.2. The van der Waals surface area contributed by atoms with E-state index in [0.717, 1.165) is 17.1 Å². The van der Waals surface area contributed by atoms with Gasteiger partial charge >= 0.3 is 0 Å². The minimum absolute atomic E-state index is 0.657. The first-order valence-electron chi connectivity index (χ1n) is 7.55. The Morgan fingerprint density at radius 2 is 1.33 bits per heavy atom. The van der Waals surface area contributed by atoms with Crippen LogP contribution in [0, 0.1) is 0 Å². The quantitative estimate of drug-likeness (QED) is 0.719. The van der Waals surface area contributed by atoms with Crippen molar-refractivity contribution in [2.75, 3.05) is 14.2 Å². The van der Waals surface area contributed by atoms with Crippen LogP contribution >= 0.6 is 0 Å². The Hall–Kier alpha value is -1.96. The molecule has 21 heavy (non-hydrogen) atoms. The molecule has 0 heterocycles. The van der Waals surface area contributed by atoms with Crippen LogP contribution in [0.2, 0.25) is 0 Å². The lowest BCUT2D eigenvalue weighted by atomic mass is 9.92. The van der Waals surface area contributed by atoms with Gasteiger partial charge in [0.2, 0.25) is 0 Å². The largest absolute Gasteiger partial charge is 0.493 e. The molecule has 0 bridgehead atoms. The molecule has 0 aliphatic rings. The molecule has 0 radical (unpaired) electrons. The average Bonchev–Trinajstić information content (AvgIpc) is 2.56. The lowest BCUT2D eigenvalue weighted by Gasteiger charge is -2.14. The van der Waals surface area contributed by atoms with Crippen molar-refractivity contribution in [2.45, 2.75) is 32.6 Å². The molecule has 0 saturated heterocycles. The van der Waals surface area contributed by atoms with E-state index in [4.69, 9.17) is 9.47 Å². The molecule has 0 N–H and O–H groups in total. The Kier molecular flexibility index (Phi) is 5.26. The predicted octanol–water partition coefficient (Wildman–Crippen LogP) is 5.27. The zero-order valence-corrected chi connectivity index (χ0v) is 13.3. The van der Waals surface area contributed by atoms with Gasteiger partial charge in [0, 0.05) is 0 Å². The first-order valence-corrected chi connectivity index (χ1v) is 7.55. The zero-order chi connectivity index (χ0) is 15.2. The summed E-state index contributed by atoms with van der Waals surface area (Å²) in [6.07, 6.45) is 2.37. The monoisotopic (exact) mass is 284 g/mol. The van der Waals surface area contributed by atoms with Crippen LogP contribution < -0.4 is 9.47 Å². The van der Waals surface area contributed by atoms with Gasteiger partial charge in [-0.25, -0.2) is 0 Å². The molecule has 0 aromatic heterocycles. The normalized spacial score (nSPS) is 10.7. The summed E-state index contributed by atoms with van der Waals surface area (Å²) in [6, 6.07) is 14.9. The van der Waals surface area contributed by atoms with Crippen LogP contribution in [-0.4, -0.2) is 14.2 Å². The molecule has 0 aliphatic heterocycles. The molecular weight excluding hydrogens is 260 g/mol. The Morgan fingerprint density at radius 1 is 0.762 bits per heavy atom. The SMILES string of the molecule is CCC(CC)c1ccc(-c2ccc(OC)c(OC)c2)cc1. The van der Waals surface area contributed by atoms with Gasteiger partial charge in [0.05, 0.1) is 14.2 Å². The summed E-state index contributed by atoms with van der Waals surface area (Å²) in [7, 11) is 3.32. The van der Waals surface area contributed by atoms with Gasteiger partial charge in [-0.05, 0) is 47.6 Å². The third-order valence-electron chi connectivity index (χ3n) is 4.08. The molecule has 0 atom stereocenters. The summed E-state index contributed by atoms with van der Waals surface area (Å²) >= 11 is 0. The van der Waals surface area contributed by atoms with Crippen molar-refractivity contribution in [1.29, 1.82) is 0 Å². The van der Waals surface area contributed by atoms with Gasteiger partial charge in [0.25, 0.3) is 0 Å². The zero-order valence-electron chi connectivity index (χ0n) is 13.3. The highest BCUT2D eigenvalue weighted by molar-refractivity contribution is 5.67. The fourth-order valence-corrected chi connectivity index (χ4v) is 2.72. The van der Waals surface area contributed by atoms with Crippen LogP contribution in [0.25, 0.3) is 11.1 Å². The van der Waals surface area contributed by atoms with Crippen LogP contribution in [-0.2, 0) is 0 Å². The van der Waals surface area contributed by atoms with E-state index < -0.39 is 0 Å². The van der Waals surface area contributed by atoms with E-state index in [2.05, 4.69) is 44.2 Å². The smallest absolute Gasteiger partial charge is 0.161 e. The molecule has 0 unspecified atom stereocenters. The van der Waals surface area contributed by atoms with Gasteiger partial charge in [0.1, 0.15) is 0 Å². The number of hydrogen-bond donors (Lipinski definition) is 0. The first kappa shape index (κ1) is 15.4. The lowest BCUT2D eigenvalue weighted by molar-refractivity contribution is 0.355. The third-order valence-corrected chi connectivity index (χ3v) is 4.08.